The van der Waals surface area contributed by atoms with Gasteiger partial charge in [-0.05, 0) is 40.5 Å². The number of hydrogen-bond acceptors (Lipinski definition) is 3. The third kappa shape index (κ3) is 2.29. The van der Waals surface area contributed by atoms with Crippen LogP contribution in [-0.4, -0.2) is 28.0 Å². The molecule has 2 aromatic rings. The molecule has 0 saturated carbocycles. The zero-order valence-corrected chi connectivity index (χ0v) is 12.7. The average molecular weight is 343 g/mol. The van der Waals surface area contributed by atoms with Crippen LogP contribution in [0.3, 0.4) is 0 Å². The summed E-state index contributed by atoms with van der Waals surface area (Å²) >= 11 is 3.18. The van der Waals surface area contributed by atoms with Crippen LogP contribution in [-0.2, 0) is 7.05 Å². The molecule has 0 aliphatic rings. The predicted molar refractivity (Wildman–Crippen MR) is 74.6 cm³/mol. The Kier molecular flexibility index (Phi) is 3.80. The number of carboxylic acids is 1. The van der Waals surface area contributed by atoms with Crippen LogP contribution in [0.1, 0.15) is 16.1 Å². The highest BCUT2D eigenvalue weighted by Gasteiger charge is 2.22. The summed E-state index contributed by atoms with van der Waals surface area (Å²) in [5, 5.41) is 12.9. The normalized spacial score (nSPS) is 10.7. The Morgan fingerprint density at radius 3 is 2.65 bits per heavy atom. The van der Waals surface area contributed by atoms with Crippen LogP contribution in [0.15, 0.2) is 16.6 Å². The van der Waals surface area contributed by atoms with E-state index in [-0.39, 0.29) is 10.2 Å². The summed E-state index contributed by atoms with van der Waals surface area (Å²) in [6.45, 7) is 1.71. The van der Waals surface area contributed by atoms with Gasteiger partial charge >= 0.3 is 5.97 Å². The lowest BCUT2D eigenvalue weighted by atomic mass is 10.1. The molecule has 0 aliphatic carbocycles. The van der Waals surface area contributed by atoms with E-state index in [1.54, 1.807) is 14.0 Å². The van der Waals surface area contributed by atoms with Gasteiger partial charge in [0.15, 0.2) is 5.69 Å². The lowest BCUT2D eigenvalue weighted by molar-refractivity contribution is 0.0689. The Morgan fingerprint density at radius 2 is 2.15 bits per heavy atom. The summed E-state index contributed by atoms with van der Waals surface area (Å²) in [7, 11) is 3.07. The van der Waals surface area contributed by atoms with Crippen LogP contribution in [0, 0.1) is 12.7 Å². The third-order valence-corrected chi connectivity index (χ3v) is 3.69. The molecule has 1 aromatic carbocycles. The second-order valence-electron chi connectivity index (χ2n) is 4.24. The molecule has 0 unspecified atom stereocenters. The molecule has 0 bridgehead atoms. The van der Waals surface area contributed by atoms with Gasteiger partial charge in [0, 0.05) is 7.05 Å². The van der Waals surface area contributed by atoms with Crippen molar-refractivity contribution in [2.45, 2.75) is 6.92 Å². The highest BCUT2D eigenvalue weighted by Crippen LogP contribution is 2.40. The lowest BCUT2D eigenvalue weighted by Gasteiger charge is -2.14. The molecule has 0 amide bonds. The van der Waals surface area contributed by atoms with Crippen LogP contribution >= 0.6 is 15.9 Å². The van der Waals surface area contributed by atoms with E-state index in [1.807, 2.05) is 0 Å². The molecule has 0 radical (unpaired) electrons. The molecule has 0 saturated heterocycles. The quantitative estimate of drug-likeness (QED) is 0.931. The van der Waals surface area contributed by atoms with Crippen LogP contribution in [0.4, 0.5) is 4.39 Å². The molecule has 5 nitrogen and oxygen atoms in total. The van der Waals surface area contributed by atoms with Gasteiger partial charge in [-0.3, -0.25) is 4.68 Å². The molecule has 1 heterocycles. The molecule has 0 aliphatic heterocycles. The molecule has 106 valence electrons. The summed E-state index contributed by atoms with van der Waals surface area (Å²) in [6, 6.07) is 2.73. The Balaban J connectivity index is 2.78. The highest BCUT2D eigenvalue weighted by atomic mass is 79.9. The topological polar surface area (TPSA) is 64.3 Å². The van der Waals surface area contributed by atoms with Crippen LogP contribution in [0.5, 0.6) is 5.75 Å². The molecule has 7 heteroatoms. The first-order chi connectivity index (χ1) is 9.36. The maximum absolute atomic E-state index is 13.9. The molecule has 1 aromatic heterocycles. The number of hydrogen-bond donors (Lipinski definition) is 1. The Labute approximate surface area is 123 Å². The monoisotopic (exact) mass is 342 g/mol. The summed E-state index contributed by atoms with van der Waals surface area (Å²) in [5.74, 6) is -1.12. The maximum atomic E-state index is 13.9. The van der Waals surface area contributed by atoms with Crippen molar-refractivity contribution >= 4 is 21.9 Å². The first kappa shape index (κ1) is 14.5. The fourth-order valence-corrected chi connectivity index (χ4v) is 2.53. The SMILES string of the molecule is COc1c(C)cc(F)c(Br)c1-c1cc(C(=O)O)nn1C. The average Bonchev–Trinajstić information content (AvgIpc) is 2.75. The van der Waals surface area contributed by atoms with E-state index in [4.69, 9.17) is 9.84 Å². The molecule has 0 spiro atoms. The zero-order chi connectivity index (χ0) is 15.0. The largest absolute Gasteiger partial charge is 0.496 e. The van der Waals surface area contributed by atoms with Crippen LogP contribution in [0.25, 0.3) is 11.3 Å². The number of halogens is 2. The van der Waals surface area contributed by atoms with Gasteiger partial charge in [0.1, 0.15) is 11.6 Å². The smallest absolute Gasteiger partial charge is 0.356 e. The van der Waals surface area contributed by atoms with E-state index in [0.29, 0.717) is 22.6 Å². The first-order valence-corrected chi connectivity index (χ1v) is 6.46. The van der Waals surface area contributed by atoms with Crippen LogP contribution < -0.4 is 4.74 Å². The number of methoxy groups -OCH3 is 1. The Morgan fingerprint density at radius 1 is 1.50 bits per heavy atom. The number of aryl methyl sites for hydroxylation is 2. The summed E-state index contributed by atoms with van der Waals surface area (Å²) < 4.78 is 20.8. The van der Waals surface area contributed by atoms with Crippen molar-refractivity contribution in [3.63, 3.8) is 0 Å². The maximum Gasteiger partial charge on any atom is 0.356 e. The van der Waals surface area contributed by atoms with Gasteiger partial charge in [-0.1, -0.05) is 0 Å². The first-order valence-electron chi connectivity index (χ1n) is 5.67. The van der Waals surface area contributed by atoms with Crippen molar-refractivity contribution in [3.8, 4) is 17.0 Å². The van der Waals surface area contributed by atoms with E-state index < -0.39 is 11.8 Å². The molecule has 20 heavy (non-hydrogen) atoms. The highest BCUT2D eigenvalue weighted by molar-refractivity contribution is 9.10. The standard InChI is InChI=1S/C13H12BrFN2O3/c1-6-4-7(15)11(14)10(12(6)20-3)9-5-8(13(18)19)16-17(9)2/h4-5H,1-3H3,(H,18,19). The molecule has 1 N–H and O–H groups in total. The fourth-order valence-electron chi connectivity index (χ4n) is 2.03. The zero-order valence-electron chi connectivity index (χ0n) is 11.1. The molecule has 2 rings (SSSR count). The van der Waals surface area contributed by atoms with Crippen molar-refractivity contribution in [3.05, 3.63) is 33.7 Å². The summed E-state index contributed by atoms with van der Waals surface area (Å²) in [4.78, 5) is 11.0. The van der Waals surface area contributed by atoms with Gasteiger partial charge in [0.05, 0.1) is 22.8 Å². The fraction of sp³-hybridized carbons (Fsp3) is 0.231. The minimum Gasteiger partial charge on any atom is -0.496 e. The van der Waals surface area contributed by atoms with E-state index in [9.17, 15) is 9.18 Å². The van der Waals surface area contributed by atoms with E-state index in [0.717, 1.165) is 0 Å². The minimum absolute atomic E-state index is 0.113. The number of aromatic carboxylic acids is 1. The van der Waals surface area contributed by atoms with Crippen molar-refractivity contribution < 1.29 is 19.0 Å². The van der Waals surface area contributed by atoms with Gasteiger partial charge in [-0.25, -0.2) is 9.18 Å². The van der Waals surface area contributed by atoms with Crippen molar-refractivity contribution in [2.75, 3.05) is 7.11 Å². The van der Waals surface area contributed by atoms with Crippen LogP contribution in [0.2, 0.25) is 0 Å². The Bertz CT molecular complexity index is 697. The summed E-state index contributed by atoms with van der Waals surface area (Å²) in [5.41, 5.74) is 1.39. The lowest BCUT2D eigenvalue weighted by Crippen LogP contribution is -2.01. The second kappa shape index (κ2) is 5.24. The number of ether oxygens (including phenoxy) is 1. The molecule has 0 atom stereocenters. The van der Waals surface area contributed by atoms with Crippen molar-refractivity contribution in [2.24, 2.45) is 7.05 Å². The van der Waals surface area contributed by atoms with Gasteiger partial charge in [0.2, 0.25) is 0 Å². The second-order valence-corrected chi connectivity index (χ2v) is 5.03. The number of carboxylic acid groups (broad SMARTS) is 1. The molecular formula is C13H12BrFN2O3. The van der Waals surface area contributed by atoms with E-state index in [2.05, 4.69) is 21.0 Å². The number of benzene rings is 1. The predicted octanol–water partition coefficient (Wildman–Crippen LogP) is 3.00. The van der Waals surface area contributed by atoms with Crippen molar-refractivity contribution in [1.82, 2.24) is 9.78 Å². The number of nitrogens with zero attached hydrogens (tertiary/aromatic N) is 2. The Hall–Kier alpha value is -1.89. The van der Waals surface area contributed by atoms with E-state index >= 15 is 0 Å². The molecule has 0 fully saturated rings. The third-order valence-electron chi connectivity index (χ3n) is 2.92. The van der Waals surface area contributed by atoms with Gasteiger partial charge in [-0.2, -0.15) is 5.10 Å². The minimum atomic E-state index is -1.14. The summed E-state index contributed by atoms with van der Waals surface area (Å²) in [6.07, 6.45) is 0. The number of carbonyl (C=O) groups is 1. The van der Waals surface area contributed by atoms with Gasteiger partial charge in [-0.15, -0.1) is 0 Å². The van der Waals surface area contributed by atoms with E-state index in [1.165, 1.54) is 23.9 Å². The van der Waals surface area contributed by atoms with Gasteiger partial charge in [0.25, 0.3) is 0 Å². The number of aromatic nitrogens is 2. The van der Waals surface area contributed by atoms with Gasteiger partial charge < -0.3 is 9.84 Å². The van der Waals surface area contributed by atoms with Crippen molar-refractivity contribution in [1.29, 1.82) is 0 Å². The molecular weight excluding hydrogens is 331 g/mol. The number of rotatable bonds is 3.